The van der Waals surface area contributed by atoms with Gasteiger partial charge < -0.3 is 15.0 Å². The summed E-state index contributed by atoms with van der Waals surface area (Å²) in [5.74, 6) is 0. The second-order valence-corrected chi connectivity index (χ2v) is 5.68. The molecule has 0 bridgehead atoms. The Balaban J connectivity index is 0.00000147. The van der Waals surface area contributed by atoms with E-state index in [1.54, 1.807) is 0 Å². The molecule has 20 heavy (non-hydrogen) atoms. The second kappa shape index (κ2) is 6.46. The summed E-state index contributed by atoms with van der Waals surface area (Å²) >= 11 is 0. The van der Waals surface area contributed by atoms with Gasteiger partial charge in [0.25, 0.3) is 0 Å². The van der Waals surface area contributed by atoms with Crippen LogP contribution in [0.4, 0.5) is 4.79 Å². The molecular weight excluding hydrogens is 276 g/mol. The Morgan fingerprint density at radius 1 is 1.30 bits per heavy atom. The number of piperidine rings is 1. The smallest absolute Gasteiger partial charge is 0.410 e. The Kier molecular flexibility index (Phi) is 4.89. The summed E-state index contributed by atoms with van der Waals surface area (Å²) in [5, 5.41) is 3.42. The van der Waals surface area contributed by atoms with E-state index in [0.29, 0.717) is 12.0 Å². The standard InChI is InChI=1S/C15H20N2O2.ClH/c18-14(19-9-13-5-2-1-3-6-13)17-11-15(12-17)7-4-8-16-10-15;/h1-3,5-6,16H,4,7-12H2;1H. The highest BCUT2D eigenvalue weighted by Gasteiger charge is 2.46. The van der Waals surface area contributed by atoms with Gasteiger partial charge in [0.2, 0.25) is 0 Å². The number of nitrogens with zero attached hydrogens (tertiary/aromatic N) is 1. The predicted octanol–water partition coefficient (Wildman–Crippen LogP) is 2.43. The first-order valence-electron chi connectivity index (χ1n) is 6.94. The summed E-state index contributed by atoms with van der Waals surface area (Å²) in [6, 6.07) is 9.80. The quantitative estimate of drug-likeness (QED) is 0.911. The average molecular weight is 297 g/mol. The van der Waals surface area contributed by atoms with E-state index in [4.69, 9.17) is 4.74 Å². The molecule has 2 heterocycles. The van der Waals surface area contributed by atoms with E-state index in [1.807, 2.05) is 35.2 Å². The van der Waals surface area contributed by atoms with Crippen LogP contribution in [0.25, 0.3) is 0 Å². The van der Waals surface area contributed by atoms with Gasteiger partial charge in [0.15, 0.2) is 0 Å². The molecule has 2 fully saturated rings. The number of amides is 1. The molecule has 1 N–H and O–H groups in total. The Labute approximate surface area is 125 Å². The van der Waals surface area contributed by atoms with E-state index in [9.17, 15) is 4.79 Å². The van der Waals surface area contributed by atoms with E-state index < -0.39 is 0 Å². The maximum atomic E-state index is 11.9. The molecule has 0 aromatic heterocycles. The Hall–Kier alpha value is -1.26. The molecule has 0 radical (unpaired) electrons. The fourth-order valence-electron chi connectivity index (χ4n) is 3.00. The first kappa shape index (κ1) is 15.1. The van der Waals surface area contributed by atoms with Crippen molar-refractivity contribution in [2.24, 2.45) is 5.41 Å². The summed E-state index contributed by atoms with van der Waals surface area (Å²) < 4.78 is 5.33. The Morgan fingerprint density at radius 2 is 2.05 bits per heavy atom. The van der Waals surface area contributed by atoms with Crippen molar-refractivity contribution in [2.75, 3.05) is 26.2 Å². The third-order valence-electron chi connectivity index (χ3n) is 4.08. The molecule has 110 valence electrons. The molecule has 2 saturated heterocycles. The molecule has 1 aromatic carbocycles. The highest BCUT2D eigenvalue weighted by atomic mass is 35.5. The van der Waals surface area contributed by atoms with Crippen molar-refractivity contribution < 1.29 is 9.53 Å². The molecule has 0 saturated carbocycles. The number of rotatable bonds is 2. The summed E-state index contributed by atoms with van der Waals surface area (Å²) in [5.41, 5.74) is 1.36. The van der Waals surface area contributed by atoms with Gasteiger partial charge in [0, 0.05) is 25.0 Å². The molecule has 5 heteroatoms. The van der Waals surface area contributed by atoms with Crippen LogP contribution in [0.1, 0.15) is 18.4 Å². The molecule has 2 aliphatic heterocycles. The molecule has 0 unspecified atom stereocenters. The van der Waals surface area contributed by atoms with Gasteiger partial charge in [-0.2, -0.15) is 0 Å². The minimum absolute atomic E-state index is 0. The molecule has 1 aromatic rings. The van der Waals surface area contributed by atoms with Crippen molar-refractivity contribution in [3.63, 3.8) is 0 Å². The molecule has 2 aliphatic rings. The molecule has 4 nitrogen and oxygen atoms in total. The van der Waals surface area contributed by atoms with Gasteiger partial charge in [0.1, 0.15) is 6.61 Å². The van der Waals surface area contributed by atoms with Gasteiger partial charge in [-0.25, -0.2) is 4.79 Å². The van der Waals surface area contributed by atoms with Gasteiger partial charge >= 0.3 is 6.09 Å². The van der Waals surface area contributed by atoms with Gasteiger partial charge in [-0.3, -0.25) is 0 Å². The monoisotopic (exact) mass is 296 g/mol. The number of benzene rings is 1. The predicted molar refractivity (Wildman–Crippen MR) is 80.0 cm³/mol. The van der Waals surface area contributed by atoms with E-state index in [2.05, 4.69) is 5.32 Å². The summed E-state index contributed by atoms with van der Waals surface area (Å²) in [6.45, 7) is 4.19. The van der Waals surface area contributed by atoms with Gasteiger partial charge in [0.05, 0.1) is 0 Å². The number of nitrogens with one attached hydrogen (secondary N) is 1. The van der Waals surface area contributed by atoms with Gasteiger partial charge in [-0.1, -0.05) is 30.3 Å². The molecule has 1 amide bonds. The maximum Gasteiger partial charge on any atom is 0.410 e. The molecule has 1 spiro atoms. The van der Waals surface area contributed by atoms with Crippen molar-refractivity contribution in [1.29, 1.82) is 0 Å². The van der Waals surface area contributed by atoms with Crippen LogP contribution in [0.5, 0.6) is 0 Å². The van der Waals surface area contributed by atoms with E-state index in [1.165, 1.54) is 12.8 Å². The van der Waals surface area contributed by atoms with Crippen LogP contribution in [-0.2, 0) is 11.3 Å². The average Bonchev–Trinajstić information content (AvgIpc) is 2.44. The minimum atomic E-state index is -0.181. The number of carbonyl (C=O) groups excluding carboxylic acids is 1. The first-order chi connectivity index (χ1) is 9.27. The highest BCUT2D eigenvalue weighted by Crippen LogP contribution is 2.36. The minimum Gasteiger partial charge on any atom is -0.445 e. The number of likely N-dealkylation sites (tertiary alicyclic amines) is 1. The van der Waals surface area contributed by atoms with Crippen LogP contribution < -0.4 is 5.32 Å². The third-order valence-corrected chi connectivity index (χ3v) is 4.08. The van der Waals surface area contributed by atoms with Crippen LogP contribution in [0, 0.1) is 5.41 Å². The third kappa shape index (κ3) is 3.25. The Bertz CT molecular complexity index is 438. The van der Waals surface area contributed by atoms with Crippen LogP contribution in [-0.4, -0.2) is 37.2 Å². The summed E-state index contributed by atoms with van der Waals surface area (Å²) in [4.78, 5) is 13.7. The normalized spacial score (nSPS) is 19.9. The maximum absolute atomic E-state index is 11.9. The van der Waals surface area contributed by atoms with Crippen molar-refractivity contribution >= 4 is 18.5 Å². The van der Waals surface area contributed by atoms with Crippen molar-refractivity contribution in [1.82, 2.24) is 10.2 Å². The van der Waals surface area contributed by atoms with Gasteiger partial charge in [-0.15, -0.1) is 12.4 Å². The fraction of sp³-hybridized carbons (Fsp3) is 0.533. The zero-order valence-electron chi connectivity index (χ0n) is 11.5. The lowest BCUT2D eigenvalue weighted by molar-refractivity contribution is -0.0190. The lowest BCUT2D eigenvalue weighted by Crippen LogP contribution is -2.63. The SMILES string of the molecule is Cl.O=C(OCc1ccccc1)N1CC2(CCCNC2)C1. The topological polar surface area (TPSA) is 41.6 Å². The zero-order valence-corrected chi connectivity index (χ0v) is 12.3. The van der Waals surface area contributed by atoms with Crippen molar-refractivity contribution in [3.8, 4) is 0 Å². The van der Waals surface area contributed by atoms with Gasteiger partial charge in [-0.05, 0) is 24.9 Å². The van der Waals surface area contributed by atoms with Crippen LogP contribution in [0.15, 0.2) is 30.3 Å². The lowest BCUT2D eigenvalue weighted by atomic mass is 9.74. The molecular formula is C15H21ClN2O2. The fourth-order valence-corrected chi connectivity index (χ4v) is 3.00. The van der Waals surface area contributed by atoms with Crippen molar-refractivity contribution in [3.05, 3.63) is 35.9 Å². The molecule has 0 atom stereocenters. The lowest BCUT2D eigenvalue weighted by Gasteiger charge is -2.51. The molecule has 0 aliphatic carbocycles. The van der Waals surface area contributed by atoms with Crippen molar-refractivity contribution in [2.45, 2.75) is 19.4 Å². The van der Waals surface area contributed by atoms with E-state index in [-0.39, 0.29) is 18.5 Å². The van der Waals surface area contributed by atoms with Crippen LogP contribution in [0.3, 0.4) is 0 Å². The summed E-state index contributed by atoms with van der Waals surface area (Å²) in [7, 11) is 0. The van der Waals surface area contributed by atoms with Crippen LogP contribution in [0.2, 0.25) is 0 Å². The number of hydrogen-bond donors (Lipinski definition) is 1. The second-order valence-electron chi connectivity index (χ2n) is 5.68. The first-order valence-corrected chi connectivity index (χ1v) is 6.94. The number of carbonyl (C=O) groups is 1. The van der Waals surface area contributed by atoms with Crippen LogP contribution >= 0.6 is 12.4 Å². The van der Waals surface area contributed by atoms with E-state index >= 15 is 0 Å². The van der Waals surface area contributed by atoms with E-state index in [0.717, 1.165) is 31.7 Å². The highest BCUT2D eigenvalue weighted by molar-refractivity contribution is 5.85. The number of halogens is 1. The Morgan fingerprint density at radius 3 is 2.70 bits per heavy atom. The number of ether oxygens (including phenoxy) is 1. The summed E-state index contributed by atoms with van der Waals surface area (Å²) in [6.07, 6.45) is 2.26. The largest absolute Gasteiger partial charge is 0.445 e. The number of hydrogen-bond acceptors (Lipinski definition) is 3. The zero-order chi connectivity index (χ0) is 13.1. The molecule has 3 rings (SSSR count).